The predicted octanol–water partition coefficient (Wildman–Crippen LogP) is 0.258. The van der Waals surface area contributed by atoms with E-state index in [2.05, 4.69) is 10.0 Å². The smallest absolute Gasteiger partial charge is 0.279 e. The van der Waals surface area contributed by atoms with Crippen molar-refractivity contribution in [1.82, 2.24) is 14.3 Å². The van der Waals surface area contributed by atoms with E-state index in [0.29, 0.717) is 18.3 Å². The van der Waals surface area contributed by atoms with Gasteiger partial charge in [-0.1, -0.05) is 0 Å². The quantitative estimate of drug-likeness (QED) is 0.627. The van der Waals surface area contributed by atoms with Crippen LogP contribution in [0, 0.1) is 0 Å². The highest BCUT2D eigenvalue weighted by molar-refractivity contribution is 8.00. The molecule has 17 heavy (non-hydrogen) atoms. The summed E-state index contributed by atoms with van der Waals surface area (Å²) < 4.78 is 27.8. The predicted molar refractivity (Wildman–Crippen MR) is 73.6 cm³/mol. The van der Waals surface area contributed by atoms with Crippen molar-refractivity contribution in [3.63, 3.8) is 0 Å². The number of rotatable bonds is 8. The average molecular weight is 281 g/mol. The standard InChI is InChI=1S/C10H23N3O2S2/c1-11-6-4-7-13(2)17(14,15)12-9-10-5-3-8-16-10/h10-12H,3-9H2,1-2H3. The summed E-state index contributed by atoms with van der Waals surface area (Å²) >= 11 is 1.86. The van der Waals surface area contributed by atoms with Crippen LogP contribution < -0.4 is 10.0 Å². The highest BCUT2D eigenvalue weighted by atomic mass is 32.2. The van der Waals surface area contributed by atoms with Crippen molar-refractivity contribution in [2.24, 2.45) is 0 Å². The SMILES string of the molecule is CNCCCN(C)S(=O)(=O)NCC1CCCS1. The van der Waals surface area contributed by atoms with Gasteiger partial charge in [-0.2, -0.15) is 24.5 Å². The molecule has 1 fully saturated rings. The molecule has 0 aromatic carbocycles. The fraction of sp³-hybridized carbons (Fsp3) is 1.00. The molecule has 1 saturated heterocycles. The van der Waals surface area contributed by atoms with E-state index in [0.717, 1.165) is 25.1 Å². The Balaban J connectivity index is 2.27. The van der Waals surface area contributed by atoms with Crippen molar-refractivity contribution in [3.8, 4) is 0 Å². The Labute approximate surface area is 109 Å². The Hall–Kier alpha value is 0.180. The summed E-state index contributed by atoms with van der Waals surface area (Å²) in [4.78, 5) is 0. The lowest BCUT2D eigenvalue weighted by atomic mass is 10.2. The number of nitrogens with zero attached hydrogens (tertiary/aromatic N) is 1. The normalized spacial score (nSPS) is 21.2. The molecule has 1 aliphatic heterocycles. The first-order chi connectivity index (χ1) is 8.06. The van der Waals surface area contributed by atoms with Gasteiger partial charge in [0.25, 0.3) is 10.2 Å². The van der Waals surface area contributed by atoms with Crippen LogP contribution in [-0.2, 0) is 10.2 Å². The number of thioether (sulfide) groups is 1. The third-order valence-electron chi connectivity index (χ3n) is 2.83. The molecule has 1 rings (SSSR count). The number of hydrogen-bond donors (Lipinski definition) is 2. The molecule has 0 aromatic rings. The minimum absolute atomic E-state index is 0.454. The van der Waals surface area contributed by atoms with E-state index in [1.807, 2.05) is 18.8 Å². The van der Waals surface area contributed by atoms with Gasteiger partial charge in [-0.05, 0) is 38.6 Å². The Kier molecular flexibility index (Phi) is 6.79. The summed E-state index contributed by atoms with van der Waals surface area (Å²) in [7, 11) is 0.204. The first-order valence-electron chi connectivity index (χ1n) is 6.03. The van der Waals surface area contributed by atoms with Gasteiger partial charge < -0.3 is 5.32 Å². The summed E-state index contributed by atoms with van der Waals surface area (Å²) in [6.07, 6.45) is 3.15. The topological polar surface area (TPSA) is 61.4 Å². The fourth-order valence-electron chi connectivity index (χ4n) is 1.71. The monoisotopic (exact) mass is 281 g/mol. The Morgan fingerprint density at radius 2 is 2.24 bits per heavy atom. The summed E-state index contributed by atoms with van der Waals surface area (Å²) in [5.41, 5.74) is 0. The van der Waals surface area contributed by atoms with Crippen molar-refractivity contribution < 1.29 is 8.42 Å². The van der Waals surface area contributed by atoms with Crippen molar-refractivity contribution >= 4 is 22.0 Å². The zero-order valence-electron chi connectivity index (χ0n) is 10.6. The lowest BCUT2D eigenvalue weighted by molar-refractivity contribution is 0.447. The van der Waals surface area contributed by atoms with E-state index in [9.17, 15) is 8.42 Å². The summed E-state index contributed by atoms with van der Waals surface area (Å²) in [5.74, 6) is 1.16. The van der Waals surface area contributed by atoms with Crippen LogP contribution in [0.5, 0.6) is 0 Å². The first kappa shape index (κ1) is 15.2. The second kappa shape index (κ2) is 7.58. The van der Waals surface area contributed by atoms with Gasteiger partial charge >= 0.3 is 0 Å². The molecule has 0 aliphatic carbocycles. The third-order valence-corrected chi connectivity index (χ3v) is 5.76. The van der Waals surface area contributed by atoms with Crippen LogP contribution in [-0.4, -0.2) is 57.5 Å². The van der Waals surface area contributed by atoms with E-state index in [1.165, 1.54) is 10.7 Å². The van der Waals surface area contributed by atoms with Gasteiger partial charge in [0.2, 0.25) is 0 Å². The van der Waals surface area contributed by atoms with Crippen molar-refractivity contribution in [1.29, 1.82) is 0 Å². The van der Waals surface area contributed by atoms with Gasteiger partial charge in [-0.15, -0.1) is 0 Å². The molecule has 1 heterocycles. The lowest BCUT2D eigenvalue weighted by Gasteiger charge is -2.19. The molecule has 2 N–H and O–H groups in total. The molecule has 1 aliphatic rings. The molecule has 0 radical (unpaired) electrons. The highest BCUT2D eigenvalue weighted by Gasteiger charge is 2.21. The Bertz CT molecular complexity index is 303. The Morgan fingerprint density at radius 1 is 1.47 bits per heavy atom. The van der Waals surface area contributed by atoms with E-state index >= 15 is 0 Å². The molecule has 5 nitrogen and oxygen atoms in total. The van der Waals surface area contributed by atoms with Crippen molar-refractivity contribution in [3.05, 3.63) is 0 Å². The molecule has 102 valence electrons. The molecular weight excluding hydrogens is 258 g/mol. The number of nitrogens with one attached hydrogen (secondary N) is 2. The molecule has 0 bridgehead atoms. The summed E-state index contributed by atoms with van der Waals surface area (Å²) in [6, 6.07) is 0. The zero-order chi connectivity index (χ0) is 12.7. The van der Waals surface area contributed by atoms with Gasteiger partial charge in [0.15, 0.2) is 0 Å². The van der Waals surface area contributed by atoms with Gasteiger partial charge in [-0.3, -0.25) is 0 Å². The van der Waals surface area contributed by atoms with Crippen LogP contribution in [0.25, 0.3) is 0 Å². The van der Waals surface area contributed by atoms with E-state index in [1.54, 1.807) is 7.05 Å². The minimum Gasteiger partial charge on any atom is -0.320 e. The van der Waals surface area contributed by atoms with E-state index in [-0.39, 0.29) is 0 Å². The second-order valence-corrected chi connectivity index (χ2v) is 7.54. The highest BCUT2D eigenvalue weighted by Crippen LogP contribution is 2.25. The maximum Gasteiger partial charge on any atom is 0.279 e. The molecule has 0 aromatic heterocycles. The molecule has 0 saturated carbocycles. The molecule has 0 spiro atoms. The lowest BCUT2D eigenvalue weighted by Crippen LogP contribution is -2.41. The molecule has 7 heteroatoms. The van der Waals surface area contributed by atoms with Crippen LogP contribution in [0.3, 0.4) is 0 Å². The molecule has 0 amide bonds. The Morgan fingerprint density at radius 3 is 2.82 bits per heavy atom. The molecular formula is C10H23N3O2S2. The van der Waals surface area contributed by atoms with Crippen molar-refractivity contribution in [2.45, 2.75) is 24.5 Å². The van der Waals surface area contributed by atoms with Crippen LogP contribution in [0.15, 0.2) is 0 Å². The van der Waals surface area contributed by atoms with Gasteiger partial charge in [0, 0.05) is 25.4 Å². The van der Waals surface area contributed by atoms with Crippen LogP contribution >= 0.6 is 11.8 Å². The van der Waals surface area contributed by atoms with E-state index in [4.69, 9.17) is 0 Å². The largest absolute Gasteiger partial charge is 0.320 e. The average Bonchev–Trinajstić information content (AvgIpc) is 2.79. The molecule has 1 atom stereocenters. The van der Waals surface area contributed by atoms with Gasteiger partial charge in [0.1, 0.15) is 0 Å². The fourth-order valence-corrected chi connectivity index (χ4v) is 4.02. The second-order valence-electron chi connectivity index (χ2n) is 4.27. The minimum atomic E-state index is -3.29. The summed E-state index contributed by atoms with van der Waals surface area (Å²) in [5, 5.41) is 3.46. The maximum absolute atomic E-state index is 11.9. The first-order valence-corrected chi connectivity index (χ1v) is 8.52. The zero-order valence-corrected chi connectivity index (χ0v) is 12.2. The van der Waals surface area contributed by atoms with Crippen LogP contribution in [0.2, 0.25) is 0 Å². The third kappa shape index (κ3) is 5.56. The van der Waals surface area contributed by atoms with Crippen LogP contribution in [0.1, 0.15) is 19.3 Å². The van der Waals surface area contributed by atoms with Crippen LogP contribution in [0.4, 0.5) is 0 Å². The van der Waals surface area contributed by atoms with Gasteiger partial charge in [-0.25, -0.2) is 4.72 Å². The summed E-state index contributed by atoms with van der Waals surface area (Å²) in [6.45, 7) is 1.94. The molecule has 1 unspecified atom stereocenters. The van der Waals surface area contributed by atoms with E-state index < -0.39 is 10.2 Å². The maximum atomic E-state index is 11.9. The number of hydrogen-bond acceptors (Lipinski definition) is 4. The van der Waals surface area contributed by atoms with Crippen molar-refractivity contribution in [2.75, 3.05) is 39.5 Å². The van der Waals surface area contributed by atoms with Gasteiger partial charge in [0.05, 0.1) is 0 Å².